The summed E-state index contributed by atoms with van der Waals surface area (Å²) < 4.78 is -2.58. The minimum atomic E-state index is -1.35. The standard InChI is InChI=1S/C34H38Cl5N2P/c1-22-17-24(3)30(25(4)18-22)40-15-16-41(31-26(5)19-23(2)20-27(31)6)32(40)29(13-10-14-33(35,36)37)34(38,39)42-21-28-11-8-7-9-12-28/h7-9,11-12,17-21H,10,13-16H2,1-6H3. The van der Waals surface area contributed by atoms with Crippen LogP contribution in [0.1, 0.15) is 58.2 Å². The number of halogens is 5. The van der Waals surface area contributed by atoms with Crippen molar-refractivity contribution >= 4 is 83.4 Å². The van der Waals surface area contributed by atoms with Crippen LogP contribution in [0.5, 0.6) is 0 Å². The molecule has 0 unspecified atom stereocenters. The fourth-order valence-corrected chi connectivity index (χ4v) is 8.05. The summed E-state index contributed by atoms with van der Waals surface area (Å²) in [7, 11) is 0.757. The molecule has 4 rings (SSSR count). The van der Waals surface area contributed by atoms with E-state index in [0.717, 1.165) is 38.3 Å². The van der Waals surface area contributed by atoms with Crippen molar-refractivity contribution in [3.8, 4) is 0 Å². The van der Waals surface area contributed by atoms with Crippen molar-refractivity contribution in [1.29, 1.82) is 0 Å². The summed E-state index contributed by atoms with van der Waals surface area (Å²) >= 11 is 33.5. The molecule has 3 aromatic carbocycles. The molecule has 0 amide bonds. The lowest BCUT2D eigenvalue weighted by atomic mass is 10.0. The van der Waals surface area contributed by atoms with Crippen molar-refractivity contribution in [3.63, 3.8) is 0 Å². The van der Waals surface area contributed by atoms with Crippen LogP contribution < -0.4 is 9.80 Å². The highest BCUT2D eigenvalue weighted by molar-refractivity contribution is 7.46. The van der Waals surface area contributed by atoms with Crippen molar-refractivity contribution in [2.24, 2.45) is 0 Å². The second-order valence-corrected chi connectivity index (χ2v) is 16.8. The van der Waals surface area contributed by atoms with Crippen LogP contribution >= 0.6 is 66.2 Å². The zero-order valence-electron chi connectivity index (χ0n) is 25.0. The van der Waals surface area contributed by atoms with E-state index in [-0.39, 0.29) is 0 Å². The first kappa shape index (κ1) is 33.5. The van der Waals surface area contributed by atoms with Crippen LogP contribution in [-0.2, 0) is 0 Å². The fourth-order valence-electron chi connectivity index (χ4n) is 6.15. The first-order valence-electron chi connectivity index (χ1n) is 14.2. The van der Waals surface area contributed by atoms with Crippen LogP contribution in [0, 0.1) is 41.5 Å². The highest BCUT2D eigenvalue weighted by Crippen LogP contribution is 2.50. The first-order chi connectivity index (χ1) is 19.7. The van der Waals surface area contributed by atoms with Crippen LogP contribution in [0.25, 0.3) is 0 Å². The van der Waals surface area contributed by atoms with Gasteiger partial charge in [-0.15, -0.1) is 0 Å². The van der Waals surface area contributed by atoms with E-state index in [9.17, 15) is 0 Å². The molecule has 0 N–H and O–H groups in total. The van der Waals surface area contributed by atoms with Gasteiger partial charge in [-0.3, -0.25) is 0 Å². The van der Waals surface area contributed by atoms with Crippen molar-refractivity contribution in [2.75, 3.05) is 22.9 Å². The van der Waals surface area contributed by atoms with E-state index >= 15 is 0 Å². The van der Waals surface area contributed by atoms with Gasteiger partial charge < -0.3 is 9.80 Å². The number of aryl methyl sites for hydroxylation is 6. The maximum Gasteiger partial charge on any atom is 0.190 e. The minimum Gasteiger partial charge on any atom is -0.325 e. The average molecular weight is 683 g/mol. The second kappa shape index (κ2) is 13.7. The lowest BCUT2D eigenvalue weighted by Gasteiger charge is -2.34. The predicted molar refractivity (Wildman–Crippen MR) is 190 cm³/mol. The molecule has 1 saturated heterocycles. The molecular formula is C34H38Cl5N2P. The topological polar surface area (TPSA) is 6.48 Å². The molecule has 1 aliphatic heterocycles. The van der Waals surface area contributed by atoms with Gasteiger partial charge in [0.25, 0.3) is 0 Å². The highest BCUT2D eigenvalue weighted by atomic mass is 35.6. The third kappa shape index (κ3) is 8.01. The molecule has 0 radical (unpaired) electrons. The van der Waals surface area contributed by atoms with Gasteiger partial charge in [0.1, 0.15) is 5.82 Å². The third-order valence-electron chi connectivity index (χ3n) is 7.56. The summed E-state index contributed by atoms with van der Waals surface area (Å²) in [4.78, 5) is 4.82. The Bertz CT molecular complexity index is 1380. The number of alkyl halides is 5. The monoisotopic (exact) mass is 680 g/mol. The fraction of sp³-hybridized carbons (Fsp3) is 0.382. The number of nitrogens with zero attached hydrogens (tertiary/aromatic N) is 2. The number of allylic oxidation sites excluding steroid dienone is 1. The summed E-state index contributed by atoms with van der Waals surface area (Å²) in [6.07, 6.45) is 1.59. The summed E-state index contributed by atoms with van der Waals surface area (Å²) in [5, 5.41) is 0. The van der Waals surface area contributed by atoms with Crippen LogP contribution in [0.3, 0.4) is 0 Å². The van der Waals surface area contributed by atoms with Crippen LogP contribution in [-0.4, -0.2) is 26.8 Å². The molecule has 1 heterocycles. The van der Waals surface area contributed by atoms with E-state index in [1.54, 1.807) is 0 Å². The van der Waals surface area contributed by atoms with Gasteiger partial charge in [-0.05, 0) is 94.4 Å². The van der Waals surface area contributed by atoms with E-state index in [1.807, 2.05) is 18.2 Å². The van der Waals surface area contributed by atoms with Gasteiger partial charge in [-0.1, -0.05) is 132 Å². The number of hydrogen-bond acceptors (Lipinski definition) is 2. The second-order valence-electron chi connectivity index (χ2n) is 11.3. The third-order valence-corrected chi connectivity index (χ3v) is 10.2. The molecule has 1 aliphatic rings. The molecular weight excluding hydrogens is 645 g/mol. The van der Waals surface area contributed by atoms with Gasteiger partial charge in [0.2, 0.25) is 0 Å². The largest absolute Gasteiger partial charge is 0.325 e. The molecule has 3 aromatic rings. The Hall–Kier alpha value is -1.38. The van der Waals surface area contributed by atoms with Crippen molar-refractivity contribution in [1.82, 2.24) is 0 Å². The highest BCUT2D eigenvalue weighted by Gasteiger charge is 2.39. The lowest BCUT2D eigenvalue weighted by molar-refractivity contribution is 0.730. The molecule has 8 heteroatoms. The molecule has 2 nitrogen and oxygen atoms in total. The Morgan fingerprint density at radius 2 is 1.19 bits per heavy atom. The van der Waals surface area contributed by atoms with Crippen LogP contribution in [0.15, 0.2) is 66.0 Å². The Morgan fingerprint density at radius 3 is 1.62 bits per heavy atom. The van der Waals surface area contributed by atoms with Gasteiger partial charge in [0, 0.05) is 30.0 Å². The van der Waals surface area contributed by atoms with E-state index in [4.69, 9.17) is 58.0 Å². The smallest absolute Gasteiger partial charge is 0.190 e. The Kier molecular flexibility index (Phi) is 11.0. The summed E-state index contributed by atoms with van der Waals surface area (Å²) in [5.41, 5.74) is 11.7. The summed E-state index contributed by atoms with van der Waals surface area (Å²) in [5.74, 6) is 3.09. The molecule has 224 valence electrons. The van der Waals surface area contributed by atoms with E-state index < -0.39 is 7.87 Å². The number of rotatable bonds is 8. The Labute approximate surface area is 278 Å². The minimum absolute atomic E-state index is 0.392. The van der Waals surface area contributed by atoms with Crippen LogP contribution in [0.2, 0.25) is 0 Å². The van der Waals surface area contributed by atoms with E-state index in [1.165, 1.54) is 44.8 Å². The molecule has 0 bridgehead atoms. The van der Waals surface area contributed by atoms with Gasteiger partial charge in [-0.25, -0.2) is 0 Å². The summed E-state index contributed by atoms with van der Waals surface area (Å²) in [6.45, 7) is 14.6. The molecule has 0 aliphatic carbocycles. The molecule has 0 atom stereocenters. The number of anilines is 2. The van der Waals surface area contributed by atoms with E-state index in [2.05, 4.69) is 93.5 Å². The molecule has 0 spiro atoms. The molecule has 1 fully saturated rings. The van der Waals surface area contributed by atoms with E-state index in [0.29, 0.717) is 19.3 Å². The average Bonchev–Trinajstić information content (AvgIpc) is 3.27. The molecule has 0 saturated carbocycles. The zero-order valence-corrected chi connectivity index (χ0v) is 29.7. The number of benzene rings is 3. The zero-order chi connectivity index (χ0) is 30.8. The quantitative estimate of drug-likeness (QED) is 0.172. The van der Waals surface area contributed by atoms with Gasteiger partial charge in [0.15, 0.2) is 7.87 Å². The van der Waals surface area contributed by atoms with Crippen molar-refractivity contribution < 1.29 is 0 Å². The predicted octanol–water partition coefficient (Wildman–Crippen LogP) is 11.5. The Balaban J connectivity index is 1.98. The Morgan fingerprint density at radius 1 is 0.738 bits per heavy atom. The molecule has 0 aromatic heterocycles. The molecule has 42 heavy (non-hydrogen) atoms. The summed E-state index contributed by atoms with van der Waals surface area (Å²) in [6, 6.07) is 19.1. The van der Waals surface area contributed by atoms with Crippen LogP contribution in [0.4, 0.5) is 11.4 Å². The normalized spacial score (nSPS) is 14.4. The lowest BCUT2D eigenvalue weighted by Crippen LogP contribution is -2.30. The SMILES string of the molecule is Cc1cc(C)c(N2CCN(c3c(C)cc(C)cc3C)C2=C(CCCC(Cl)(Cl)Cl)C(Cl)(Cl)P=Cc2ccccc2)c(C)c1. The first-order valence-corrected chi connectivity index (χ1v) is 17.0. The van der Waals surface area contributed by atoms with Gasteiger partial charge >= 0.3 is 0 Å². The van der Waals surface area contributed by atoms with Crippen molar-refractivity contribution in [2.45, 2.75) is 68.7 Å². The van der Waals surface area contributed by atoms with Crippen molar-refractivity contribution in [3.05, 3.63) is 105 Å². The van der Waals surface area contributed by atoms with Gasteiger partial charge in [-0.2, -0.15) is 0 Å². The maximum absolute atomic E-state index is 7.41. The number of hydrogen-bond donors (Lipinski definition) is 0. The maximum atomic E-state index is 7.41. The van der Waals surface area contributed by atoms with Gasteiger partial charge in [0.05, 0.1) is 0 Å².